The van der Waals surface area contributed by atoms with Crippen molar-refractivity contribution >= 4 is 15.9 Å². The summed E-state index contributed by atoms with van der Waals surface area (Å²) in [4.78, 5) is 11.4. The van der Waals surface area contributed by atoms with E-state index in [1.807, 2.05) is 13.8 Å². The van der Waals surface area contributed by atoms with Crippen molar-refractivity contribution < 1.29 is 13.2 Å². The molecule has 0 aromatic heterocycles. The zero-order valence-electron chi connectivity index (χ0n) is 9.54. The van der Waals surface area contributed by atoms with Crippen molar-refractivity contribution in [3.63, 3.8) is 0 Å². The first-order valence-electron chi connectivity index (χ1n) is 5.36. The van der Waals surface area contributed by atoms with Crippen LogP contribution in [-0.4, -0.2) is 19.1 Å². The van der Waals surface area contributed by atoms with Gasteiger partial charge in [-0.2, -0.15) is 0 Å². The predicted molar refractivity (Wildman–Crippen MR) is 58.8 cm³/mol. The van der Waals surface area contributed by atoms with Gasteiger partial charge in [0.1, 0.15) is 0 Å². The summed E-state index contributed by atoms with van der Waals surface area (Å²) in [7, 11) is -3.44. The Morgan fingerprint density at radius 3 is 2.40 bits per heavy atom. The summed E-state index contributed by atoms with van der Waals surface area (Å²) in [6.45, 7) is 5.59. The molecular formula is C10H19NO3S. The fraction of sp³-hybridized carbons (Fsp3) is 0.900. The summed E-state index contributed by atoms with van der Waals surface area (Å²) in [6, 6.07) is 0. The van der Waals surface area contributed by atoms with Crippen LogP contribution in [0.2, 0.25) is 0 Å². The molecule has 0 aromatic carbocycles. The fourth-order valence-corrected chi connectivity index (χ4v) is 2.49. The number of hydrogen-bond donors (Lipinski definition) is 1. The van der Waals surface area contributed by atoms with Crippen molar-refractivity contribution in [2.75, 3.05) is 0 Å². The minimum Gasteiger partial charge on any atom is -0.274 e. The summed E-state index contributed by atoms with van der Waals surface area (Å²) in [5.41, 5.74) is 0. The molecule has 0 aromatic rings. The minimum atomic E-state index is -3.44. The maximum atomic E-state index is 11.7. The Labute approximate surface area is 91.5 Å². The maximum Gasteiger partial charge on any atom is 0.240 e. The van der Waals surface area contributed by atoms with Crippen molar-refractivity contribution in [3.8, 4) is 0 Å². The molecule has 88 valence electrons. The first-order chi connectivity index (χ1) is 6.81. The van der Waals surface area contributed by atoms with E-state index in [2.05, 4.69) is 4.72 Å². The van der Waals surface area contributed by atoms with E-state index in [9.17, 15) is 13.2 Å². The van der Waals surface area contributed by atoms with Crippen molar-refractivity contribution in [2.24, 2.45) is 5.92 Å². The van der Waals surface area contributed by atoms with E-state index in [0.717, 1.165) is 6.42 Å². The highest BCUT2D eigenvalue weighted by atomic mass is 32.2. The van der Waals surface area contributed by atoms with Crippen LogP contribution in [0.25, 0.3) is 0 Å². The number of hydrogen-bond acceptors (Lipinski definition) is 3. The lowest BCUT2D eigenvalue weighted by molar-refractivity contribution is -0.120. The predicted octanol–water partition coefficient (Wildman–Crippen LogP) is 1.42. The van der Waals surface area contributed by atoms with E-state index in [0.29, 0.717) is 12.8 Å². The molecule has 1 N–H and O–H groups in total. The highest BCUT2D eigenvalue weighted by Crippen LogP contribution is 2.42. The third kappa shape index (κ3) is 2.93. The van der Waals surface area contributed by atoms with Gasteiger partial charge in [0.25, 0.3) is 0 Å². The lowest BCUT2D eigenvalue weighted by Gasteiger charge is -2.13. The molecule has 0 radical (unpaired) electrons. The maximum absolute atomic E-state index is 11.7. The number of sulfonamides is 1. The van der Waals surface area contributed by atoms with E-state index in [1.165, 1.54) is 0 Å². The van der Waals surface area contributed by atoms with E-state index < -0.39 is 14.8 Å². The number of carbonyl (C=O) groups excluding carboxylic acids is 1. The largest absolute Gasteiger partial charge is 0.274 e. The Bertz CT molecular complexity index is 344. The Morgan fingerprint density at radius 1 is 1.47 bits per heavy atom. The first-order valence-corrected chi connectivity index (χ1v) is 6.84. The SMILES string of the molecule is CCC(C)CC(=O)NS(=O)(=O)C1(C)CC1. The second kappa shape index (κ2) is 4.12. The molecule has 0 bridgehead atoms. The summed E-state index contributed by atoms with van der Waals surface area (Å²) in [6.07, 6.45) is 2.47. The summed E-state index contributed by atoms with van der Waals surface area (Å²) >= 11 is 0. The van der Waals surface area contributed by atoms with Crippen LogP contribution >= 0.6 is 0 Å². The molecule has 0 saturated heterocycles. The Kier molecular flexibility index (Phi) is 3.43. The molecule has 1 rings (SSSR count). The monoisotopic (exact) mass is 233 g/mol. The van der Waals surface area contributed by atoms with E-state index in [1.54, 1.807) is 6.92 Å². The lowest BCUT2D eigenvalue weighted by atomic mass is 10.1. The molecule has 1 aliphatic rings. The Balaban J connectivity index is 2.52. The van der Waals surface area contributed by atoms with Gasteiger partial charge in [-0.15, -0.1) is 0 Å². The first kappa shape index (κ1) is 12.5. The quantitative estimate of drug-likeness (QED) is 0.781. The summed E-state index contributed by atoms with van der Waals surface area (Å²) < 4.78 is 24.8. The van der Waals surface area contributed by atoms with Gasteiger partial charge in [0.2, 0.25) is 15.9 Å². The van der Waals surface area contributed by atoms with Crippen LogP contribution in [0, 0.1) is 5.92 Å². The third-order valence-corrected chi connectivity index (χ3v) is 5.28. The van der Waals surface area contributed by atoms with Gasteiger partial charge in [-0.25, -0.2) is 8.42 Å². The van der Waals surface area contributed by atoms with Gasteiger partial charge >= 0.3 is 0 Å². The molecule has 1 amide bonds. The standard InChI is InChI=1S/C10H19NO3S/c1-4-8(2)7-9(12)11-15(13,14)10(3)5-6-10/h8H,4-7H2,1-3H3,(H,11,12). The lowest BCUT2D eigenvalue weighted by Crippen LogP contribution is -2.38. The molecule has 1 aliphatic carbocycles. The Morgan fingerprint density at radius 2 is 2.00 bits per heavy atom. The van der Waals surface area contributed by atoms with Crippen LogP contribution in [0.15, 0.2) is 0 Å². The highest BCUT2D eigenvalue weighted by Gasteiger charge is 2.50. The van der Waals surface area contributed by atoms with Crippen molar-refractivity contribution in [3.05, 3.63) is 0 Å². The number of carbonyl (C=O) groups is 1. The van der Waals surface area contributed by atoms with Crippen LogP contribution in [-0.2, 0) is 14.8 Å². The molecule has 15 heavy (non-hydrogen) atoms. The smallest absolute Gasteiger partial charge is 0.240 e. The molecular weight excluding hydrogens is 214 g/mol. The zero-order chi connectivity index (χ0) is 11.7. The van der Waals surface area contributed by atoms with E-state index >= 15 is 0 Å². The van der Waals surface area contributed by atoms with Gasteiger partial charge in [-0.3, -0.25) is 9.52 Å². The van der Waals surface area contributed by atoms with Gasteiger partial charge in [0, 0.05) is 6.42 Å². The second-order valence-corrected chi connectivity index (χ2v) is 6.89. The minimum absolute atomic E-state index is 0.229. The fourth-order valence-electron chi connectivity index (χ4n) is 1.22. The van der Waals surface area contributed by atoms with Gasteiger partial charge in [0.15, 0.2) is 0 Å². The van der Waals surface area contributed by atoms with Crippen molar-refractivity contribution in [1.29, 1.82) is 0 Å². The molecule has 1 saturated carbocycles. The van der Waals surface area contributed by atoms with Gasteiger partial charge in [0.05, 0.1) is 4.75 Å². The van der Waals surface area contributed by atoms with Crippen molar-refractivity contribution in [2.45, 2.75) is 51.2 Å². The average molecular weight is 233 g/mol. The van der Waals surface area contributed by atoms with E-state index in [4.69, 9.17) is 0 Å². The molecule has 0 heterocycles. The summed E-state index contributed by atoms with van der Waals surface area (Å²) in [5, 5.41) is 0. The van der Waals surface area contributed by atoms with Crippen LogP contribution in [0.3, 0.4) is 0 Å². The van der Waals surface area contributed by atoms with Crippen LogP contribution in [0.5, 0.6) is 0 Å². The molecule has 1 atom stereocenters. The molecule has 1 fully saturated rings. The number of rotatable bonds is 5. The number of nitrogens with one attached hydrogen (secondary N) is 1. The molecule has 0 aliphatic heterocycles. The van der Waals surface area contributed by atoms with Crippen molar-refractivity contribution in [1.82, 2.24) is 4.72 Å². The number of amides is 1. The highest BCUT2D eigenvalue weighted by molar-refractivity contribution is 7.91. The molecule has 1 unspecified atom stereocenters. The molecule has 4 nitrogen and oxygen atoms in total. The average Bonchev–Trinajstić information content (AvgIpc) is 2.83. The summed E-state index contributed by atoms with van der Waals surface area (Å²) in [5.74, 6) is -0.148. The van der Waals surface area contributed by atoms with Crippen LogP contribution in [0.4, 0.5) is 0 Å². The van der Waals surface area contributed by atoms with Gasteiger partial charge in [-0.05, 0) is 25.7 Å². The van der Waals surface area contributed by atoms with Crippen LogP contribution in [0.1, 0.15) is 46.5 Å². The molecule has 0 spiro atoms. The zero-order valence-corrected chi connectivity index (χ0v) is 10.4. The third-order valence-electron chi connectivity index (χ3n) is 3.08. The van der Waals surface area contributed by atoms with Crippen LogP contribution < -0.4 is 4.72 Å². The molecule has 5 heteroatoms. The normalized spacial score (nSPS) is 20.7. The van der Waals surface area contributed by atoms with E-state index in [-0.39, 0.29) is 18.2 Å². The van der Waals surface area contributed by atoms with Gasteiger partial charge in [-0.1, -0.05) is 20.3 Å². The second-order valence-electron chi connectivity index (χ2n) is 4.70. The Hall–Kier alpha value is -0.580. The van der Waals surface area contributed by atoms with Gasteiger partial charge < -0.3 is 0 Å². The topological polar surface area (TPSA) is 63.2 Å².